The molecule has 1 aliphatic rings. The first-order valence-electron chi connectivity index (χ1n) is 9.83. The van der Waals surface area contributed by atoms with E-state index in [0.29, 0.717) is 6.61 Å². The molecule has 0 N–H and O–H groups in total. The van der Waals surface area contributed by atoms with Crippen molar-refractivity contribution >= 4 is 22.4 Å². The number of nitrogens with zero attached hydrogens (tertiary/aromatic N) is 4. The molecule has 0 radical (unpaired) electrons. The van der Waals surface area contributed by atoms with E-state index < -0.39 is 0 Å². The molecule has 28 heavy (non-hydrogen) atoms. The number of hydrogen-bond acceptors (Lipinski definition) is 6. The molecule has 0 spiro atoms. The number of ether oxygens (including phenoxy) is 1. The number of aryl methyl sites for hydroxylation is 1. The normalized spacial score (nSPS) is 14.4. The smallest absolute Gasteiger partial charge is 0.205 e. The van der Waals surface area contributed by atoms with Gasteiger partial charge in [-0.3, -0.25) is 0 Å². The van der Waals surface area contributed by atoms with Gasteiger partial charge >= 0.3 is 0 Å². The van der Waals surface area contributed by atoms with Crippen LogP contribution in [0, 0.1) is 6.92 Å². The van der Waals surface area contributed by atoms with E-state index in [-0.39, 0.29) is 0 Å². The molecule has 6 heteroatoms. The molecule has 0 aliphatic carbocycles. The topological polar surface area (TPSA) is 41.5 Å². The molecule has 0 saturated carbocycles. The summed E-state index contributed by atoms with van der Waals surface area (Å²) in [6, 6.07) is 16.9. The lowest BCUT2D eigenvalue weighted by Gasteiger charge is -2.36. The van der Waals surface area contributed by atoms with Crippen LogP contribution in [0.5, 0.6) is 5.75 Å². The van der Waals surface area contributed by atoms with Gasteiger partial charge in [0.05, 0.1) is 12.3 Å². The fourth-order valence-corrected chi connectivity index (χ4v) is 4.20. The molecule has 1 aliphatic heterocycles. The molecule has 1 fully saturated rings. The Kier molecular flexibility index (Phi) is 5.76. The second-order valence-corrected chi connectivity index (χ2v) is 7.76. The number of hydrogen-bond donors (Lipinski definition) is 0. The maximum Gasteiger partial charge on any atom is 0.205 e. The summed E-state index contributed by atoms with van der Waals surface area (Å²) in [4.78, 5) is 9.53. The van der Waals surface area contributed by atoms with Crippen LogP contribution in [0.4, 0.5) is 10.8 Å². The van der Waals surface area contributed by atoms with Crippen molar-refractivity contribution < 1.29 is 4.74 Å². The average Bonchev–Trinajstić information content (AvgIpc) is 3.19. The van der Waals surface area contributed by atoms with Gasteiger partial charge in [0.1, 0.15) is 11.6 Å². The molecular weight excluding hydrogens is 368 g/mol. The molecule has 0 amide bonds. The summed E-state index contributed by atoms with van der Waals surface area (Å²) in [5, 5.41) is 1.03. The highest BCUT2D eigenvalue weighted by molar-refractivity contribution is 7.09. The Morgan fingerprint density at radius 1 is 0.964 bits per heavy atom. The number of para-hydroxylation sites is 2. The lowest BCUT2D eigenvalue weighted by atomic mass is 10.1. The van der Waals surface area contributed by atoms with Crippen molar-refractivity contribution in [2.24, 2.45) is 0 Å². The van der Waals surface area contributed by atoms with Gasteiger partial charge in [0.25, 0.3) is 0 Å². The van der Waals surface area contributed by atoms with Gasteiger partial charge in [-0.1, -0.05) is 42.0 Å². The largest absolute Gasteiger partial charge is 0.492 e. The molecule has 2 aromatic carbocycles. The first kappa shape index (κ1) is 18.7. The van der Waals surface area contributed by atoms with E-state index in [1.54, 1.807) is 0 Å². The second kappa shape index (κ2) is 8.61. The van der Waals surface area contributed by atoms with Crippen molar-refractivity contribution in [3.05, 3.63) is 65.5 Å². The first-order valence-corrected chi connectivity index (χ1v) is 10.6. The Bertz CT molecular complexity index is 901. The molecule has 3 aromatic rings. The van der Waals surface area contributed by atoms with Crippen LogP contribution >= 0.6 is 11.5 Å². The summed E-state index contributed by atoms with van der Waals surface area (Å²) in [5.74, 6) is 1.88. The van der Waals surface area contributed by atoms with Crippen molar-refractivity contribution in [3.8, 4) is 5.75 Å². The first-order chi connectivity index (χ1) is 13.7. The molecule has 2 heterocycles. The van der Waals surface area contributed by atoms with Gasteiger partial charge in [-0.15, -0.1) is 0 Å². The van der Waals surface area contributed by atoms with Crippen LogP contribution in [0.1, 0.15) is 23.9 Å². The Morgan fingerprint density at radius 2 is 1.68 bits per heavy atom. The minimum absolute atomic E-state index is 0.686. The summed E-state index contributed by atoms with van der Waals surface area (Å²) >= 11 is 1.51. The highest BCUT2D eigenvalue weighted by Gasteiger charge is 2.22. The molecule has 5 nitrogen and oxygen atoms in total. The minimum Gasteiger partial charge on any atom is -0.492 e. The zero-order valence-corrected chi connectivity index (χ0v) is 17.3. The molecule has 0 bridgehead atoms. The van der Waals surface area contributed by atoms with Crippen LogP contribution in [0.25, 0.3) is 0 Å². The number of anilines is 2. The van der Waals surface area contributed by atoms with Crippen molar-refractivity contribution in [2.75, 3.05) is 42.6 Å². The SMILES string of the molecule is CCOc1ccccc1N1CCN(c2nc(Cc3ccc(C)cc3)ns2)CC1. The maximum absolute atomic E-state index is 5.79. The summed E-state index contributed by atoms with van der Waals surface area (Å²) in [5.41, 5.74) is 3.72. The quantitative estimate of drug-likeness (QED) is 0.628. The highest BCUT2D eigenvalue weighted by Crippen LogP contribution is 2.30. The Balaban J connectivity index is 1.38. The van der Waals surface area contributed by atoms with E-state index >= 15 is 0 Å². The molecule has 4 rings (SSSR count). The standard InChI is InChI=1S/C22H26N4OS/c1-3-27-20-7-5-4-6-19(20)25-12-14-26(15-13-25)22-23-21(24-28-22)16-18-10-8-17(2)9-11-18/h4-11H,3,12-16H2,1-2H3. The third-order valence-electron chi connectivity index (χ3n) is 5.00. The molecule has 146 valence electrons. The van der Waals surface area contributed by atoms with Crippen LogP contribution in [-0.2, 0) is 6.42 Å². The summed E-state index contributed by atoms with van der Waals surface area (Å²) in [6.07, 6.45) is 0.790. The number of aromatic nitrogens is 2. The third-order valence-corrected chi connectivity index (χ3v) is 5.81. The fourth-order valence-electron chi connectivity index (χ4n) is 3.47. The summed E-state index contributed by atoms with van der Waals surface area (Å²) in [7, 11) is 0. The van der Waals surface area contributed by atoms with Gasteiger partial charge in [-0.25, -0.2) is 4.98 Å². The van der Waals surface area contributed by atoms with E-state index in [4.69, 9.17) is 9.72 Å². The van der Waals surface area contributed by atoms with Crippen molar-refractivity contribution in [2.45, 2.75) is 20.3 Å². The average molecular weight is 395 g/mol. The zero-order chi connectivity index (χ0) is 19.3. The Morgan fingerprint density at radius 3 is 2.43 bits per heavy atom. The molecular formula is C22H26N4OS. The summed E-state index contributed by atoms with van der Waals surface area (Å²) in [6.45, 7) is 8.62. The molecule has 0 atom stereocenters. The second-order valence-electron chi connectivity index (χ2n) is 7.03. The van der Waals surface area contributed by atoms with Crippen LogP contribution in [0.2, 0.25) is 0 Å². The van der Waals surface area contributed by atoms with Gasteiger partial charge in [0, 0.05) is 44.1 Å². The van der Waals surface area contributed by atoms with Gasteiger partial charge in [-0.05, 0) is 31.5 Å². The molecule has 0 unspecified atom stereocenters. The predicted octanol–water partition coefficient (Wildman–Crippen LogP) is 4.16. The highest BCUT2D eigenvalue weighted by atomic mass is 32.1. The Hall–Kier alpha value is -2.60. The monoisotopic (exact) mass is 394 g/mol. The van der Waals surface area contributed by atoms with Crippen LogP contribution in [0.15, 0.2) is 48.5 Å². The van der Waals surface area contributed by atoms with Gasteiger partial charge in [-0.2, -0.15) is 4.37 Å². The van der Waals surface area contributed by atoms with Crippen LogP contribution < -0.4 is 14.5 Å². The van der Waals surface area contributed by atoms with Gasteiger partial charge in [0.15, 0.2) is 0 Å². The lowest BCUT2D eigenvalue weighted by molar-refractivity contribution is 0.340. The summed E-state index contributed by atoms with van der Waals surface area (Å²) < 4.78 is 10.4. The lowest BCUT2D eigenvalue weighted by Crippen LogP contribution is -2.46. The minimum atomic E-state index is 0.686. The number of benzene rings is 2. The third kappa shape index (κ3) is 4.28. The predicted molar refractivity (Wildman–Crippen MR) is 116 cm³/mol. The van der Waals surface area contributed by atoms with Crippen molar-refractivity contribution in [1.29, 1.82) is 0 Å². The van der Waals surface area contributed by atoms with E-state index in [1.165, 1.54) is 28.3 Å². The number of rotatable bonds is 6. The number of piperazine rings is 1. The molecule has 1 aromatic heterocycles. The maximum atomic E-state index is 5.79. The van der Waals surface area contributed by atoms with E-state index in [1.807, 2.05) is 19.1 Å². The van der Waals surface area contributed by atoms with E-state index in [9.17, 15) is 0 Å². The molecule has 1 saturated heterocycles. The van der Waals surface area contributed by atoms with Crippen LogP contribution in [0.3, 0.4) is 0 Å². The Labute approximate surface area is 170 Å². The van der Waals surface area contributed by atoms with E-state index in [2.05, 4.69) is 57.5 Å². The van der Waals surface area contributed by atoms with Crippen molar-refractivity contribution in [1.82, 2.24) is 9.36 Å². The van der Waals surface area contributed by atoms with E-state index in [0.717, 1.165) is 49.3 Å². The van der Waals surface area contributed by atoms with Gasteiger partial charge in [0.2, 0.25) is 5.13 Å². The zero-order valence-electron chi connectivity index (χ0n) is 16.5. The van der Waals surface area contributed by atoms with Crippen molar-refractivity contribution in [3.63, 3.8) is 0 Å². The fraction of sp³-hybridized carbons (Fsp3) is 0.364. The van der Waals surface area contributed by atoms with Gasteiger partial charge < -0.3 is 14.5 Å². The van der Waals surface area contributed by atoms with Crippen LogP contribution in [-0.4, -0.2) is 42.1 Å².